The largest absolute Gasteiger partial charge is 0.393 e. The van der Waals surface area contributed by atoms with E-state index in [4.69, 9.17) is 4.74 Å². The van der Waals surface area contributed by atoms with Crippen molar-refractivity contribution in [2.24, 2.45) is 11.8 Å². The van der Waals surface area contributed by atoms with Gasteiger partial charge in [0.05, 0.1) is 6.10 Å². The molecule has 2 aliphatic rings. The van der Waals surface area contributed by atoms with Crippen LogP contribution in [-0.2, 0) is 4.74 Å². The predicted octanol–water partition coefficient (Wildman–Crippen LogP) is 2.35. The lowest BCUT2D eigenvalue weighted by Gasteiger charge is -2.23. The van der Waals surface area contributed by atoms with Crippen molar-refractivity contribution in [1.29, 1.82) is 0 Å². The number of aliphatic hydroxyl groups is 1. The number of rotatable bonds is 3. The normalized spacial score (nSPS) is 34.9. The first-order valence-corrected chi connectivity index (χ1v) is 6.10. The Morgan fingerprint density at radius 2 is 1.64 bits per heavy atom. The molecular weight excluding hydrogens is 176 g/mol. The first-order valence-electron chi connectivity index (χ1n) is 6.10. The lowest BCUT2D eigenvalue weighted by molar-refractivity contribution is 0.0616. The summed E-state index contributed by atoms with van der Waals surface area (Å²) in [5, 5.41) is 9.42. The van der Waals surface area contributed by atoms with E-state index in [-0.39, 0.29) is 6.10 Å². The van der Waals surface area contributed by atoms with Gasteiger partial charge in [0.15, 0.2) is 0 Å². The standard InChI is InChI=1S/C12H22O2/c13-12-4-3-11(9-12)2-1-10-5-7-14-8-6-10/h10-13H,1-9H2. The van der Waals surface area contributed by atoms with Gasteiger partial charge < -0.3 is 9.84 Å². The first-order chi connectivity index (χ1) is 6.84. The van der Waals surface area contributed by atoms with Crippen LogP contribution in [0.2, 0.25) is 0 Å². The van der Waals surface area contributed by atoms with Crippen molar-refractivity contribution in [3.8, 4) is 0 Å². The molecule has 1 N–H and O–H groups in total. The average Bonchev–Trinajstić information content (AvgIpc) is 2.63. The fourth-order valence-corrected chi connectivity index (χ4v) is 2.82. The van der Waals surface area contributed by atoms with Crippen LogP contribution in [0.15, 0.2) is 0 Å². The lowest BCUT2D eigenvalue weighted by atomic mass is 9.90. The molecule has 2 nitrogen and oxygen atoms in total. The molecule has 0 aromatic carbocycles. The maximum Gasteiger partial charge on any atom is 0.0543 e. The molecule has 0 spiro atoms. The second-order valence-corrected chi connectivity index (χ2v) is 4.97. The molecule has 1 aliphatic carbocycles. The Hall–Kier alpha value is -0.0800. The van der Waals surface area contributed by atoms with Crippen molar-refractivity contribution in [3.05, 3.63) is 0 Å². The number of hydrogen-bond donors (Lipinski definition) is 1. The molecule has 1 heterocycles. The molecule has 0 bridgehead atoms. The van der Waals surface area contributed by atoms with Crippen molar-refractivity contribution < 1.29 is 9.84 Å². The monoisotopic (exact) mass is 198 g/mol. The molecule has 2 fully saturated rings. The van der Waals surface area contributed by atoms with Crippen molar-refractivity contribution in [2.75, 3.05) is 13.2 Å². The van der Waals surface area contributed by atoms with E-state index in [1.807, 2.05) is 0 Å². The summed E-state index contributed by atoms with van der Waals surface area (Å²) < 4.78 is 5.35. The number of hydrogen-bond acceptors (Lipinski definition) is 2. The summed E-state index contributed by atoms with van der Waals surface area (Å²) in [5.74, 6) is 1.72. The van der Waals surface area contributed by atoms with Gasteiger partial charge in [-0.3, -0.25) is 0 Å². The maximum atomic E-state index is 9.42. The van der Waals surface area contributed by atoms with Crippen LogP contribution >= 0.6 is 0 Å². The molecular formula is C12H22O2. The van der Waals surface area contributed by atoms with Crippen LogP contribution in [0.3, 0.4) is 0 Å². The first kappa shape index (κ1) is 10.4. The minimum atomic E-state index is 0.00897. The Kier molecular flexibility index (Phi) is 3.82. The Bertz CT molecular complexity index is 159. The van der Waals surface area contributed by atoms with Crippen LogP contribution in [0.5, 0.6) is 0 Å². The van der Waals surface area contributed by atoms with E-state index in [2.05, 4.69) is 0 Å². The summed E-state index contributed by atoms with van der Waals surface area (Å²) in [6.45, 7) is 1.94. The van der Waals surface area contributed by atoms with Crippen LogP contribution in [0, 0.1) is 11.8 Å². The van der Waals surface area contributed by atoms with Crippen molar-refractivity contribution in [2.45, 2.75) is 51.0 Å². The van der Waals surface area contributed by atoms with Crippen molar-refractivity contribution in [1.82, 2.24) is 0 Å². The van der Waals surface area contributed by atoms with Crippen LogP contribution < -0.4 is 0 Å². The molecule has 1 saturated carbocycles. The van der Waals surface area contributed by atoms with E-state index in [0.29, 0.717) is 0 Å². The van der Waals surface area contributed by atoms with E-state index in [0.717, 1.165) is 37.9 Å². The van der Waals surface area contributed by atoms with Gasteiger partial charge in [0, 0.05) is 13.2 Å². The van der Waals surface area contributed by atoms with E-state index in [1.54, 1.807) is 0 Å². The Balaban J connectivity index is 1.61. The highest BCUT2D eigenvalue weighted by Crippen LogP contribution is 2.32. The molecule has 2 heteroatoms. The highest BCUT2D eigenvalue weighted by Gasteiger charge is 2.23. The van der Waals surface area contributed by atoms with Gasteiger partial charge in [0.1, 0.15) is 0 Å². The van der Waals surface area contributed by atoms with Gasteiger partial charge in [-0.25, -0.2) is 0 Å². The Labute approximate surface area is 86.6 Å². The van der Waals surface area contributed by atoms with Gasteiger partial charge >= 0.3 is 0 Å². The number of aliphatic hydroxyl groups excluding tert-OH is 1. The van der Waals surface area contributed by atoms with Crippen LogP contribution in [-0.4, -0.2) is 24.4 Å². The second-order valence-electron chi connectivity index (χ2n) is 4.97. The molecule has 2 rings (SSSR count). The minimum absolute atomic E-state index is 0.00897. The molecule has 2 unspecified atom stereocenters. The zero-order valence-electron chi connectivity index (χ0n) is 8.95. The summed E-state index contributed by atoms with van der Waals surface area (Å²) in [4.78, 5) is 0. The third kappa shape index (κ3) is 2.96. The summed E-state index contributed by atoms with van der Waals surface area (Å²) >= 11 is 0. The molecule has 0 amide bonds. The van der Waals surface area contributed by atoms with Crippen molar-refractivity contribution >= 4 is 0 Å². The molecule has 82 valence electrons. The minimum Gasteiger partial charge on any atom is -0.393 e. The SMILES string of the molecule is OC1CCC(CCC2CCOCC2)C1. The Morgan fingerprint density at radius 3 is 2.29 bits per heavy atom. The van der Waals surface area contributed by atoms with Crippen molar-refractivity contribution in [3.63, 3.8) is 0 Å². The van der Waals surface area contributed by atoms with E-state index >= 15 is 0 Å². The predicted molar refractivity (Wildman–Crippen MR) is 56.1 cm³/mol. The smallest absolute Gasteiger partial charge is 0.0543 e. The number of ether oxygens (including phenoxy) is 1. The molecule has 0 aromatic rings. The summed E-state index contributed by atoms with van der Waals surface area (Å²) in [7, 11) is 0. The summed E-state index contributed by atoms with van der Waals surface area (Å²) in [5.41, 5.74) is 0. The molecule has 1 saturated heterocycles. The van der Waals surface area contributed by atoms with Gasteiger partial charge in [-0.05, 0) is 43.9 Å². The van der Waals surface area contributed by atoms with Gasteiger partial charge in [-0.15, -0.1) is 0 Å². The van der Waals surface area contributed by atoms with Crippen LogP contribution in [0.4, 0.5) is 0 Å². The summed E-state index contributed by atoms with van der Waals surface area (Å²) in [6, 6.07) is 0. The summed E-state index contributed by atoms with van der Waals surface area (Å²) in [6.07, 6.45) is 8.58. The third-order valence-electron chi connectivity index (χ3n) is 3.84. The molecule has 2 atom stereocenters. The Morgan fingerprint density at radius 1 is 0.929 bits per heavy atom. The molecule has 0 aromatic heterocycles. The zero-order chi connectivity index (χ0) is 9.80. The van der Waals surface area contributed by atoms with Crippen LogP contribution in [0.1, 0.15) is 44.9 Å². The molecule has 0 radical (unpaired) electrons. The maximum absolute atomic E-state index is 9.42. The lowest BCUT2D eigenvalue weighted by Crippen LogP contribution is -2.16. The fraction of sp³-hybridized carbons (Fsp3) is 1.00. The van der Waals surface area contributed by atoms with Gasteiger partial charge in [0.2, 0.25) is 0 Å². The quantitative estimate of drug-likeness (QED) is 0.754. The topological polar surface area (TPSA) is 29.5 Å². The molecule has 1 aliphatic heterocycles. The van der Waals surface area contributed by atoms with E-state index in [9.17, 15) is 5.11 Å². The zero-order valence-corrected chi connectivity index (χ0v) is 8.95. The average molecular weight is 198 g/mol. The molecule has 14 heavy (non-hydrogen) atoms. The highest BCUT2D eigenvalue weighted by molar-refractivity contribution is 4.76. The van der Waals surface area contributed by atoms with E-state index in [1.165, 1.54) is 32.1 Å². The second kappa shape index (κ2) is 5.13. The third-order valence-corrected chi connectivity index (χ3v) is 3.84. The fourth-order valence-electron chi connectivity index (χ4n) is 2.82. The van der Waals surface area contributed by atoms with E-state index < -0.39 is 0 Å². The van der Waals surface area contributed by atoms with Gasteiger partial charge in [-0.1, -0.05) is 12.8 Å². The van der Waals surface area contributed by atoms with Crippen LogP contribution in [0.25, 0.3) is 0 Å². The highest BCUT2D eigenvalue weighted by atomic mass is 16.5. The van der Waals surface area contributed by atoms with Gasteiger partial charge in [-0.2, -0.15) is 0 Å². The van der Waals surface area contributed by atoms with Gasteiger partial charge in [0.25, 0.3) is 0 Å².